The molecule has 0 amide bonds. The monoisotopic (exact) mass is 158 g/mol. The molecule has 1 rings (SSSR count). The highest BCUT2D eigenvalue weighted by molar-refractivity contribution is 5.00. The third kappa shape index (κ3) is 0.997. The summed E-state index contributed by atoms with van der Waals surface area (Å²) in [4.78, 5) is 20.3. The first-order chi connectivity index (χ1) is 5.04. The van der Waals surface area contributed by atoms with Crippen LogP contribution in [0.2, 0.25) is 0 Å². The Morgan fingerprint density at radius 3 is 2.27 bits per heavy atom. The van der Waals surface area contributed by atoms with E-state index in [0.717, 1.165) is 9.25 Å². The largest absolute Gasteiger partial charge is 0.459 e. The predicted molar refractivity (Wildman–Crippen MR) is 35.1 cm³/mol. The maximum Gasteiger partial charge on any atom is 0.459 e. The number of nitrogens with zero attached hydrogens (tertiary/aromatic N) is 4. The van der Waals surface area contributed by atoms with Gasteiger partial charge in [0.1, 0.15) is 0 Å². The first-order valence-electron chi connectivity index (χ1n) is 2.78. The molecule has 0 fully saturated rings. The van der Waals surface area contributed by atoms with Crippen molar-refractivity contribution in [3.63, 3.8) is 0 Å². The fourth-order valence-corrected chi connectivity index (χ4v) is 0.706. The second kappa shape index (κ2) is 2.19. The van der Waals surface area contributed by atoms with Crippen LogP contribution in [-0.2, 0) is 14.1 Å². The molecule has 0 saturated carbocycles. The molecule has 0 atom stereocenters. The van der Waals surface area contributed by atoms with Gasteiger partial charge in [0.15, 0.2) is 0 Å². The fourth-order valence-electron chi connectivity index (χ4n) is 0.706. The van der Waals surface area contributed by atoms with Gasteiger partial charge in [0.25, 0.3) is 0 Å². The van der Waals surface area contributed by atoms with Crippen LogP contribution in [0.3, 0.4) is 0 Å². The van der Waals surface area contributed by atoms with Crippen molar-refractivity contribution in [3.8, 4) is 0 Å². The summed E-state index contributed by atoms with van der Waals surface area (Å²) in [5.74, 6) is -0.447. The molecule has 1 aromatic heterocycles. The molecular formula is C4H6N4O3. The van der Waals surface area contributed by atoms with E-state index in [9.17, 15) is 14.9 Å². The molecule has 11 heavy (non-hydrogen) atoms. The van der Waals surface area contributed by atoms with E-state index in [1.807, 2.05) is 0 Å². The maximum atomic E-state index is 10.9. The van der Waals surface area contributed by atoms with Crippen LogP contribution in [0, 0.1) is 10.1 Å². The molecule has 0 spiro atoms. The molecule has 1 heterocycles. The van der Waals surface area contributed by atoms with Crippen LogP contribution in [0.5, 0.6) is 0 Å². The molecule has 0 aliphatic rings. The molecule has 0 saturated heterocycles. The highest BCUT2D eigenvalue weighted by Crippen LogP contribution is 1.98. The minimum Gasteiger partial charge on any atom is -0.390 e. The van der Waals surface area contributed by atoms with Gasteiger partial charge in [-0.05, 0) is 4.92 Å². The Morgan fingerprint density at radius 1 is 1.55 bits per heavy atom. The number of rotatable bonds is 1. The van der Waals surface area contributed by atoms with Crippen LogP contribution in [-0.4, -0.2) is 19.3 Å². The van der Waals surface area contributed by atoms with Gasteiger partial charge in [0, 0.05) is 5.10 Å². The second-order valence-electron chi connectivity index (χ2n) is 2.02. The zero-order valence-electron chi connectivity index (χ0n) is 6.01. The summed E-state index contributed by atoms with van der Waals surface area (Å²) in [5.41, 5.74) is -0.503. The molecule has 0 aliphatic carbocycles. The third-order valence-electron chi connectivity index (χ3n) is 1.27. The molecular weight excluding hydrogens is 152 g/mol. The van der Waals surface area contributed by atoms with Crippen molar-refractivity contribution < 1.29 is 4.92 Å². The van der Waals surface area contributed by atoms with Crippen LogP contribution < -0.4 is 5.69 Å². The van der Waals surface area contributed by atoms with Crippen LogP contribution >= 0.6 is 0 Å². The average Bonchev–Trinajstić information content (AvgIpc) is 2.17. The number of hydrogen-bond donors (Lipinski definition) is 0. The second-order valence-corrected chi connectivity index (χ2v) is 2.02. The molecule has 60 valence electrons. The zero-order valence-corrected chi connectivity index (χ0v) is 6.01. The average molecular weight is 158 g/mol. The molecule has 0 bridgehead atoms. The summed E-state index contributed by atoms with van der Waals surface area (Å²) in [7, 11) is 2.66. The van der Waals surface area contributed by atoms with Crippen LogP contribution in [0.15, 0.2) is 4.79 Å². The number of aromatic nitrogens is 3. The number of nitro groups is 1. The van der Waals surface area contributed by atoms with E-state index in [1.54, 1.807) is 0 Å². The van der Waals surface area contributed by atoms with Crippen molar-refractivity contribution in [2.24, 2.45) is 14.1 Å². The highest BCUT2D eigenvalue weighted by atomic mass is 16.6. The van der Waals surface area contributed by atoms with E-state index in [2.05, 4.69) is 5.10 Å². The smallest absolute Gasteiger partial charge is 0.390 e. The van der Waals surface area contributed by atoms with Gasteiger partial charge in [-0.25, -0.2) is 4.79 Å². The molecule has 7 heteroatoms. The van der Waals surface area contributed by atoms with E-state index >= 15 is 0 Å². The van der Waals surface area contributed by atoms with Crippen LogP contribution in [0.25, 0.3) is 0 Å². The maximum absolute atomic E-state index is 10.9. The minimum atomic E-state index is -0.707. The first-order valence-corrected chi connectivity index (χ1v) is 2.78. The number of hydrogen-bond acceptors (Lipinski definition) is 4. The SMILES string of the molecule is Cn1nc([N+](=O)[O-])n(C)c1=O. The van der Waals surface area contributed by atoms with Crippen LogP contribution in [0.4, 0.5) is 5.95 Å². The van der Waals surface area contributed by atoms with Gasteiger partial charge in [0.05, 0.1) is 14.1 Å². The Hall–Kier alpha value is -1.66. The van der Waals surface area contributed by atoms with Crippen molar-refractivity contribution in [1.82, 2.24) is 14.3 Å². The van der Waals surface area contributed by atoms with Crippen molar-refractivity contribution >= 4 is 5.95 Å². The zero-order chi connectivity index (χ0) is 8.59. The normalized spacial score (nSPS) is 10.0. The van der Waals surface area contributed by atoms with Gasteiger partial charge in [-0.2, -0.15) is 4.57 Å². The van der Waals surface area contributed by atoms with E-state index in [1.165, 1.54) is 14.1 Å². The lowest BCUT2D eigenvalue weighted by Gasteiger charge is -1.88. The third-order valence-corrected chi connectivity index (χ3v) is 1.27. The quantitative estimate of drug-likeness (QED) is 0.388. The van der Waals surface area contributed by atoms with E-state index in [-0.39, 0.29) is 0 Å². The van der Waals surface area contributed by atoms with Crippen molar-refractivity contribution in [3.05, 3.63) is 20.6 Å². The Bertz CT molecular complexity index is 349. The standard InChI is InChI=1S/C4H6N4O3/c1-6-3(8(10)11)5-7(2)4(6)9/h1-2H3. The lowest BCUT2D eigenvalue weighted by atomic mass is 10.9. The molecule has 0 unspecified atom stereocenters. The molecule has 0 aromatic carbocycles. The van der Waals surface area contributed by atoms with Gasteiger partial charge in [0.2, 0.25) is 0 Å². The summed E-state index contributed by atoms with van der Waals surface area (Å²) in [6.07, 6.45) is 0. The summed E-state index contributed by atoms with van der Waals surface area (Å²) in [5, 5.41) is 13.5. The molecule has 0 N–H and O–H groups in total. The summed E-state index contributed by atoms with van der Waals surface area (Å²) in [6, 6.07) is 0. The topological polar surface area (TPSA) is 83.0 Å². The Kier molecular flexibility index (Phi) is 1.48. The summed E-state index contributed by atoms with van der Waals surface area (Å²) < 4.78 is 1.79. The van der Waals surface area contributed by atoms with Gasteiger partial charge in [-0.15, -0.1) is 4.68 Å². The van der Waals surface area contributed by atoms with Gasteiger partial charge in [-0.1, -0.05) is 0 Å². The molecule has 7 nitrogen and oxygen atoms in total. The lowest BCUT2D eigenvalue weighted by molar-refractivity contribution is -0.397. The summed E-state index contributed by atoms with van der Waals surface area (Å²) in [6.45, 7) is 0. The summed E-state index contributed by atoms with van der Waals surface area (Å²) >= 11 is 0. The predicted octanol–water partition coefficient (Wildman–Crippen LogP) is -0.973. The Balaban J connectivity index is 3.42. The molecule has 0 radical (unpaired) electrons. The van der Waals surface area contributed by atoms with E-state index in [4.69, 9.17) is 0 Å². The van der Waals surface area contributed by atoms with Crippen molar-refractivity contribution in [2.45, 2.75) is 0 Å². The van der Waals surface area contributed by atoms with Gasteiger partial charge < -0.3 is 10.1 Å². The van der Waals surface area contributed by atoms with E-state index in [0.29, 0.717) is 0 Å². The van der Waals surface area contributed by atoms with Crippen molar-refractivity contribution in [1.29, 1.82) is 0 Å². The number of aryl methyl sites for hydroxylation is 1. The molecule has 1 aromatic rings. The molecule has 0 aliphatic heterocycles. The first kappa shape index (κ1) is 7.45. The van der Waals surface area contributed by atoms with E-state index < -0.39 is 16.6 Å². The lowest BCUT2D eigenvalue weighted by Crippen LogP contribution is -2.20. The minimum absolute atomic E-state index is 0.447. The van der Waals surface area contributed by atoms with Crippen LogP contribution in [0.1, 0.15) is 0 Å². The van der Waals surface area contributed by atoms with Crippen molar-refractivity contribution in [2.75, 3.05) is 0 Å². The Labute approximate surface area is 61.0 Å². The Morgan fingerprint density at radius 2 is 2.09 bits per heavy atom. The van der Waals surface area contributed by atoms with Gasteiger partial charge >= 0.3 is 11.6 Å². The highest BCUT2D eigenvalue weighted by Gasteiger charge is 2.18. The van der Waals surface area contributed by atoms with Gasteiger partial charge in [-0.3, -0.25) is 0 Å². The fraction of sp³-hybridized carbons (Fsp3) is 0.500.